The van der Waals surface area contributed by atoms with Crippen LogP contribution in [0.2, 0.25) is 0 Å². The summed E-state index contributed by atoms with van der Waals surface area (Å²) in [5.41, 5.74) is 10.4. The van der Waals surface area contributed by atoms with Gasteiger partial charge in [-0.05, 0) is 28.8 Å². The number of nitrogens with two attached hydrogens (primary N) is 1. The minimum Gasteiger partial charge on any atom is -0.326 e. The van der Waals surface area contributed by atoms with Crippen LogP contribution in [0.5, 0.6) is 0 Å². The molecular weight excluding hydrogens is 220 g/mol. The van der Waals surface area contributed by atoms with Gasteiger partial charge in [0.05, 0.1) is 5.52 Å². The summed E-state index contributed by atoms with van der Waals surface area (Å²) in [5.74, 6) is 0. The molecule has 0 radical (unpaired) electrons. The number of fused-ring (bicyclic) bond motifs is 1. The van der Waals surface area contributed by atoms with Gasteiger partial charge < -0.3 is 5.73 Å². The van der Waals surface area contributed by atoms with E-state index in [4.69, 9.17) is 5.73 Å². The highest BCUT2D eigenvalue weighted by Crippen LogP contribution is 2.29. The molecule has 3 aromatic rings. The Labute approximate surface area is 106 Å². The summed E-state index contributed by atoms with van der Waals surface area (Å²) in [6, 6.07) is 18.5. The number of rotatable bonds is 2. The molecule has 0 aliphatic heterocycles. The van der Waals surface area contributed by atoms with E-state index in [-0.39, 0.29) is 0 Å². The van der Waals surface area contributed by atoms with Crippen molar-refractivity contribution in [3.05, 3.63) is 66.4 Å². The first-order chi connectivity index (χ1) is 8.90. The molecule has 0 saturated heterocycles. The summed E-state index contributed by atoms with van der Waals surface area (Å²) in [7, 11) is 0. The van der Waals surface area contributed by atoms with Crippen LogP contribution in [0.15, 0.2) is 60.8 Å². The van der Waals surface area contributed by atoms with E-state index in [2.05, 4.69) is 29.2 Å². The minimum absolute atomic E-state index is 0.548. The Bertz CT molecular complexity index is 684. The lowest BCUT2D eigenvalue weighted by Crippen LogP contribution is -1.98. The zero-order valence-electron chi connectivity index (χ0n) is 10.0. The van der Waals surface area contributed by atoms with E-state index in [1.54, 1.807) is 0 Å². The summed E-state index contributed by atoms with van der Waals surface area (Å²) in [6.07, 6.45) is 1.82. The van der Waals surface area contributed by atoms with E-state index in [9.17, 15) is 0 Å². The topological polar surface area (TPSA) is 38.9 Å². The first-order valence-corrected chi connectivity index (χ1v) is 6.02. The number of hydrogen-bond donors (Lipinski definition) is 1. The molecule has 0 unspecified atom stereocenters. The van der Waals surface area contributed by atoms with E-state index in [0.717, 1.165) is 11.1 Å². The van der Waals surface area contributed by atoms with Crippen molar-refractivity contribution in [2.45, 2.75) is 6.54 Å². The average Bonchev–Trinajstić information content (AvgIpc) is 2.46. The van der Waals surface area contributed by atoms with Crippen molar-refractivity contribution in [1.29, 1.82) is 0 Å². The Balaban J connectivity index is 2.32. The number of pyridine rings is 1. The fraction of sp³-hybridized carbons (Fsp3) is 0.0625. The summed E-state index contributed by atoms with van der Waals surface area (Å²) < 4.78 is 0. The molecule has 0 fully saturated rings. The molecule has 18 heavy (non-hydrogen) atoms. The molecule has 1 heterocycles. The Hall–Kier alpha value is -2.19. The predicted octanol–water partition coefficient (Wildman–Crippen LogP) is 3.36. The van der Waals surface area contributed by atoms with E-state index in [0.29, 0.717) is 6.54 Å². The van der Waals surface area contributed by atoms with Gasteiger partial charge in [-0.2, -0.15) is 0 Å². The molecule has 1 aromatic heterocycles. The maximum atomic E-state index is 5.82. The fourth-order valence-electron chi connectivity index (χ4n) is 2.30. The van der Waals surface area contributed by atoms with Crippen LogP contribution in [0.3, 0.4) is 0 Å². The van der Waals surface area contributed by atoms with E-state index >= 15 is 0 Å². The second kappa shape index (κ2) is 4.59. The SMILES string of the molecule is NCc1ccccc1-c1cccc2ncccc12. The summed E-state index contributed by atoms with van der Waals surface area (Å²) in [5, 5.41) is 1.17. The predicted molar refractivity (Wildman–Crippen MR) is 75.1 cm³/mol. The van der Waals surface area contributed by atoms with Crippen LogP contribution in [-0.4, -0.2) is 4.98 Å². The molecule has 2 N–H and O–H groups in total. The first-order valence-electron chi connectivity index (χ1n) is 6.02. The van der Waals surface area contributed by atoms with Crippen molar-refractivity contribution >= 4 is 10.9 Å². The number of benzene rings is 2. The summed E-state index contributed by atoms with van der Waals surface area (Å²) >= 11 is 0. The van der Waals surface area contributed by atoms with E-state index < -0.39 is 0 Å². The van der Waals surface area contributed by atoms with Crippen LogP contribution in [0, 0.1) is 0 Å². The standard InChI is InChI=1S/C16H14N2/c17-11-12-5-1-2-6-13(12)14-7-3-9-16-15(14)8-4-10-18-16/h1-10H,11,17H2. The lowest BCUT2D eigenvalue weighted by molar-refractivity contribution is 1.07. The van der Waals surface area contributed by atoms with Crippen molar-refractivity contribution < 1.29 is 0 Å². The van der Waals surface area contributed by atoms with Crippen molar-refractivity contribution in [3.63, 3.8) is 0 Å². The van der Waals surface area contributed by atoms with Crippen molar-refractivity contribution in [3.8, 4) is 11.1 Å². The fourth-order valence-corrected chi connectivity index (χ4v) is 2.30. The van der Waals surface area contributed by atoms with Gasteiger partial charge in [0, 0.05) is 18.1 Å². The average molecular weight is 234 g/mol. The molecule has 0 bridgehead atoms. The van der Waals surface area contributed by atoms with Gasteiger partial charge in [0.25, 0.3) is 0 Å². The normalized spacial score (nSPS) is 10.7. The number of aromatic nitrogens is 1. The molecule has 2 heteroatoms. The zero-order valence-corrected chi connectivity index (χ0v) is 10.0. The molecule has 0 spiro atoms. The Kier molecular flexibility index (Phi) is 2.79. The van der Waals surface area contributed by atoms with Gasteiger partial charge in [-0.25, -0.2) is 0 Å². The number of nitrogens with zero attached hydrogens (tertiary/aromatic N) is 1. The molecule has 0 amide bonds. The monoisotopic (exact) mass is 234 g/mol. The van der Waals surface area contributed by atoms with Gasteiger partial charge in [0.1, 0.15) is 0 Å². The highest BCUT2D eigenvalue weighted by molar-refractivity contribution is 5.95. The molecule has 0 saturated carbocycles. The summed E-state index contributed by atoms with van der Waals surface area (Å²) in [4.78, 5) is 4.39. The van der Waals surface area contributed by atoms with Crippen LogP contribution < -0.4 is 5.73 Å². The number of hydrogen-bond acceptors (Lipinski definition) is 2. The first kappa shape index (κ1) is 10.9. The molecule has 2 aromatic carbocycles. The Morgan fingerprint density at radius 2 is 1.67 bits per heavy atom. The van der Waals surface area contributed by atoms with Crippen LogP contribution >= 0.6 is 0 Å². The second-order valence-electron chi connectivity index (χ2n) is 4.24. The Morgan fingerprint density at radius 1 is 0.833 bits per heavy atom. The molecular formula is C16H14N2. The van der Waals surface area contributed by atoms with Crippen molar-refractivity contribution in [1.82, 2.24) is 4.98 Å². The van der Waals surface area contributed by atoms with Crippen LogP contribution in [-0.2, 0) is 6.54 Å². The third-order valence-corrected chi connectivity index (χ3v) is 3.17. The molecule has 0 atom stereocenters. The third-order valence-electron chi connectivity index (χ3n) is 3.17. The van der Waals surface area contributed by atoms with Gasteiger partial charge in [-0.3, -0.25) is 4.98 Å². The summed E-state index contributed by atoms with van der Waals surface area (Å²) in [6.45, 7) is 0.548. The van der Waals surface area contributed by atoms with Gasteiger partial charge in [0.15, 0.2) is 0 Å². The Morgan fingerprint density at radius 3 is 2.56 bits per heavy atom. The van der Waals surface area contributed by atoms with Gasteiger partial charge in [0.2, 0.25) is 0 Å². The molecule has 0 aliphatic rings. The maximum Gasteiger partial charge on any atom is 0.0708 e. The third kappa shape index (κ3) is 1.77. The minimum atomic E-state index is 0.548. The van der Waals surface area contributed by atoms with Crippen LogP contribution in [0.1, 0.15) is 5.56 Å². The lowest BCUT2D eigenvalue weighted by Gasteiger charge is -2.10. The zero-order chi connectivity index (χ0) is 12.4. The van der Waals surface area contributed by atoms with Crippen molar-refractivity contribution in [2.24, 2.45) is 5.73 Å². The van der Waals surface area contributed by atoms with Crippen LogP contribution in [0.4, 0.5) is 0 Å². The van der Waals surface area contributed by atoms with Gasteiger partial charge in [-0.15, -0.1) is 0 Å². The van der Waals surface area contributed by atoms with Gasteiger partial charge in [-0.1, -0.05) is 42.5 Å². The lowest BCUT2D eigenvalue weighted by atomic mass is 9.96. The van der Waals surface area contributed by atoms with E-state index in [1.807, 2.05) is 36.5 Å². The second-order valence-corrected chi connectivity index (χ2v) is 4.24. The highest BCUT2D eigenvalue weighted by Gasteiger charge is 2.07. The quantitative estimate of drug-likeness (QED) is 0.738. The molecule has 2 nitrogen and oxygen atoms in total. The van der Waals surface area contributed by atoms with Gasteiger partial charge >= 0.3 is 0 Å². The van der Waals surface area contributed by atoms with Crippen LogP contribution in [0.25, 0.3) is 22.0 Å². The van der Waals surface area contributed by atoms with E-state index in [1.165, 1.54) is 16.5 Å². The highest BCUT2D eigenvalue weighted by atomic mass is 14.6. The molecule has 0 aliphatic carbocycles. The maximum absolute atomic E-state index is 5.82. The largest absolute Gasteiger partial charge is 0.326 e. The smallest absolute Gasteiger partial charge is 0.0708 e. The molecule has 88 valence electrons. The molecule has 3 rings (SSSR count). The van der Waals surface area contributed by atoms with Crippen molar-refractivity contribution in [2.75, 3.05) is 0 Å².